The molecule has 0 radical (unpaired) electrons. The third kappa shape index (κ3) is 3.85. The lowest BCUT2D eigenvalue weighted by atomic mass is 10.2. The summed E-state index contributed by atoms with van der Waals surface area (Å²) in [5, 5.41) is 0. The van der Waals surface area contributed by atoms with Crippen molar-refractivity contribution in [2.75, 3.05) is 34.9 Å². The molecule has 2 aromatic rings. The van der Waals surface area contributed by atoms with Gasteiger partial charge in [0.25, 0.3) is 5.91 Å². The molecule has 0 bridgehead atoms. The maximum absolute atomic E-state index is 12.8. The van der Waals surface area contributed by atoms with Gasteiger partial charge < -0.3 is 9.80 Å². The quantitative estimate of drug-likeness (QED) is 0.793. The Balaban J connectivity index is 1.84. The number of carbonyl (C=O) groups is 1. The Hall–Kier alpha value is -2.48. The van der Waals surface area contributed by atoms with E-state index in [1.165, 1.54) is 11.2 Å². The Labute approximate surface area is 153 Å². The summed E-state index contributed by atoms with van der Waals surface area (Å²) < 4.78 is 23.6. The van der Waals surface area contributed by atoms with Crippen molar-refractivity contribution in [1.29, 1.82) is 0 Å². The fraction of sp³-hybridized carbons (Fsp3) is 0.389. The normalized spacial score (nSPS) is 18.5. The van der Waals surface area contributed by atoms with E-state index in [0.29, 0.717) is 18.8 Å². The molecule has 8 heteroatoms. The highest BCUT2D eigenvalue weighted by Crippen LogP contribution is 2.23. The van der Waals surface area contributed by atoms with Gasteiger partial charge in [-0.3, -0.25) is 4.79 Å². The monoisotopic (exact) mass is 374 g/mol. The minimum Gasteiger partial charge on any atom is -0.353 e. The van der Waals surface area contributed by atoms with Gasteiger partial charge in [-0.25, -0.2) is 18.4 Å². The van der Waals surface area contributed by atoms with Crippen LogP contribution >= 0.6 is 0 Å². The molecule has 0 aliphatic carbocycles. The van der Waals surface area contributed by atoms with Crippen LogP contribution in [-0.4, -0.2) is 55.4 Å². The number of anilines is 2. The smallest absolute Gasteiger partial charge is 0.276 e. The zero-order valence-corrected chi connectivity index (χ0v) is 15.7. The molecule has 7 nitrogen and oxygen atoms in total. The Morgan fingerprint density at radius 2 is 1.96 bits per heavy atom. The summed E-state index contributed by atoms with van der Waals surface area (Å²) in [7, 11) is -1.30. The summed E-state index contributed by atoms with van der Waals surface area (Å²) in [5.41, 5.74) is 1.05. The van der Waals surface area contributed by atoms with Crippen LogP contribution < -0.4 is 9.80 Å². The molecule has 1 unspecified atom stereocenters. The second-order valence-corrected chi connectivity index (χ2v) is 8.53. The molecule has 26 heavy (non-hydrogen) atoms. The highest BCUT2D eigenvalue weighted by Gasteiger charge is 2.32. The molecule has 138 valence electrons. The third-order valence-electron chi connectivity index (χ3n) is 4.60. The van der Waals surface area contributed by atoms with Crippen LogP contribution in [0.5, 0.6) is 0 Å². The largest absolute Gasteiger partial charge is 0.353 e. The standard InChI is InChI=1S/C18H22N4O3S/c1-3-22(15-9-10-26(24,25)12-15)17-11-16(19-13-20-17)18(23)21(2)14-7-5-4-6-8-14/h4-8,11,13,15H,3,9-10,12H2,1-2H3. The van der Waals surface area contributed by atoms with E-state index in [2.05, 4.69) is 9.97 Å². The van der Waals surface area contributed by atoms with Gasteiger partial charge in [0.05, 0.1) is 11.5 Å². The molecule has 1 aliphatic rings. The van der Waals surface area contributed by atoms with Crippen LogP contribution in [-0.2, 0) is 9.84 Å². The summed E-state index contributed by atoms with van der Waals surface area (Å²) in [6.45, 7) is 2.56. The molecule has 0 N–H and O–H groups in total. The second kappa shape index (κ2) is 7.41. The van der Waals surface area contributed by atoms with Crippen LogP contribution in [0.3, 0.4) is 0 Å². The number of rotatable bonds is 5. The van der Waals surface area contributed by atoms with E-state index < -0.39 is 9.84 Å². The number of nitrogens with zero attached hydrogens (tertiary/aromatic N) is 4. The average Bonchev–Trinajstić information content (AvgIpc) is 3.01. The molecule has 1 atom stereocenters. The fourth-order valence-electron chi connectivity index (χ4n) is 3.19. The minimum atomic E-state index is -2.99. The minimum absolute atomic E-state index is 0.116. The first-order valence-electron chi connectivity index (χ1n) is 8.53. The van der Waals surface area contributed by atoms with Crippen molar-refractivity contribution < 1.29 is 13.2 Å². The highest BCUT2D eigenvalue weighted by molar-refractivity contribution is 7.91. The van der Waals surface area contributed by atoms with Crippen molar-refractivity contribution >= 4 is 27.2 Å². The molecule has 0 saturated carbocycles. The van der Waals surface area contributed by atoms with Crippen LogP contribution in [0.4, 0.5) is 11.5 Å². The molecule has 0 spiro atoms. The van der Waals surface area contributed by atoms with Gasteiger partial charge in [0.2, 0.25) is 0 Å². The van der Waals surface area contributed by atoms with Crippen LogP contribution in [0.1, 0.15) is 23.8 Å². The van der Waals surface area contributed by atoms with E-state index in [1.54, 1.807) is 13.1 Å². The van der Waals surface area contributed by atoms with Crippen LogP contribution in [0.15, 0.2) is 42.7 Å². The summed E-state index contributed by atoms with van der Waals surface area (Å²) >= 11 is 0. The van der Waals surface area contributed by atoms with Gasteiger partial charge >= 0.3 is 0 Å². The fourth-order valence-corrected chi connectivity index (χ4v) is 4.92. The van der Waals surface area contributed by atoms with Gasteiger partial charge in [-0.15, -0.1) is 0 Å². The zero-order chi connectivity index (χ0) is 18.7. The van der Waals surface area contributed by atoms with Crippen LogP contribution in [0, 0.1) is 0 Å². The van der Waals surface area contributed by atoms with Gasteiger partial charge in [-0.2, -0.15) is 0 Å². The van der Waals surface area contributed by atoms with Crippen LogP contribution in [0.25, 0.3) is 0 Å². The lowest BCUT2D eigenvalue weighted by molar-refractivity contribution is 0.0988. The predicted molar refractivity (Wildman–Crippen MR) is 101 cm³/mol. The maximum atomic E-state index is 12.8. The predicted octanol–water partition coefficient (Wildman–Crippen LogP) is 1.77. The number of hydrogen-bond donors (Lipinski definition) is 0. The van der Waals surface area contributed by atoms with Gasteiger partial charge in [0.1, 0.15) is 17.8 Å². The Morgan fingerprint density at radius 1 is 1.23 bits per heavy atom. The molecule has 1 aromatic carbocycles. The van der Waals surface area contributed by atoms with Gasteiger partial charge in [0, 0.05) is 31.4 Å². The second-order valence-electron chi connectivity index (χ2n) is 6.30. The van der Waals surface area contributed by atoms with Gasteiger partial charge in [0.15, 0.2) is 9.84 Å². The molecule has 1 amide bonds. The first-order chi connectivity index (χ1) is 12.4. The number of carbonyl (C=O) groups excluding carboxylic acids is 1. The third-order valence-corrected chi connectivity index (χ3v) is 6.35. The zero-order valence-electron chi connectivity index (χ0n) is 14.9. The molecule has 3 rings (SSSR count). The van der Waals surface area contributed by atoms with E-state index >= 15 is 0 Å². The number of benzene rings is 1. The van der Waals surface area contributed by atoms with E-state index in [1.807, 2.05) is 42.2 Å². The summed E-state index contributed by atoms with van der Waals surface area (Å²) in [5.74, 6) is 0.657. The van der Waals surface area contributed by atoms with Gasteiger partial charge in [-0.05, 0) is 25.5 Å². The van der Waals surface area contributed by atoms with Crippen molar-refractivity contribution in [2.24, 2.45) is 0 Å². The molecule has 1 saturated heterocycles. The van der Waals surface area contributed by atoms with Crippen molar-refractivity contribution in [3.63, 3.8) is 0 Å². The number of hydrogen-bond acceptors (Lipinski definition) is 6. The first kappa shape index (κ1) is 18.3. The number of amides is 1. The molecular formula is C18H22N4O3S. The molecule has 2 heterocycles. The van der Waals surface area contributed by atoms with E-state index in [-0.39, 0.29) is 29.1 Å². The first-order valence-corrected chi connectivity index (χ1v) is 10.4. The van der Waals surface area contributed by atoms with Crippen molar-refractivity contribution in [1.82, 2.24) is 9.97 Å². The van der Waals surface area contributed by atoms with Gasteiger partial charge in [-0.1, -0.05) is 18.2 Å². The summed E-state index contributed by atoms with van der Waals surface area (Å²) in [4.78, 5) is 24.6. The Bertz CT molecular complexity index is 886. The number of sulfone groups is 1. The SMILES string of the molecule is CCN(c1cc(C(=O)N(C)c2ccccc2)ncn1)C1CCS(=O)(=O)C1. The van der Waals surface area contributed by atoms with E-state index in [4.69, 9.17) is 0 Å². The molecule has 1 aliphatic heterocycles. The van der Waals surface area contributed by atoms with E-state index in [0.717, 1.165) is 5.69 Å². The maximum Gasteiger partial charge on any atom is 0.276 e. The lowest BCUT2D eigenvalue weighted by Crippen LogP contribution is -2.37. The van der Waals surface area contributed by atoms with Crippen molar-refractivity contribution in [2.45, 2.75) is 19.4 Å². The molecular weight excluding hydrogens is 352 g/mol. The molecule has 1 fully saturated rings. The van der Waals surface area contributed by atoms with Crippen molar-refractivity contribution in [3.8, 4) is 0 Å². The lowest BCUT2D eigenvalue weighted by Gasteiger charge is -2.28. The summed E-state index contributed by atoms with van der Waals surface area (Å²) in [6.07, 6.45) is 1.93. The topological polar surface area (TPSA) is 83.5 Å². The Kier molecular flexibility index (Phi) is 5.22. The summed E-state index contributed by atoms with van der Waals surface area (Å²) in [6, 6.07) is 10.8. The molecule has 1 aromatic heterocycles. The Morgan fingerprint density at radius 3 is 2.58 bits per heavy atom. The van der Waals surface area contributed by atoms with Crippen LogP contribution in [0.2, 0.25) is 0 Å². The average molecular weight is 374 g/mol. The van der Waals surface area contributed by atoms with Crippen molar-refractivity contribution in [3.05, 3.63) is 48.4 Å². The van der Waals surface area contributed by atoms with E-state index in [9.17, 15) is 13.2 Å². The highest BCUT2D eigenvalue weighted by atomic mass is 32.2. The number of para-hydroxylation sites is 1. The number of aromatic nitrogens is 2.